The molecule has 17 unspecified atom stereocenters. The minimum Gasteiger partial charge on any atom is -0.462 e. The third-order valence-corrected chi connectivity index (χ3v) is 13.2. The van der Waals surface area contributed by atoms with E-state index in [4.69, 9.17) is 37.9 Å². The number of nitrogens with zero attached hydrogens (tertiary/aromatic N) is 2. The number of cyclic esters (lactones) is 1. The zero-order valence-electron chi connectivity index (χ0n) is 38.1. The van der Waals surface area contributed by atoms with Gasteiger partial charge in [-0.2, -0.15) is 0 Å². The Morgan fingerprint density at radius 3 is 2.10 bits per heavy atom. The topological polar surface area (TPSA) is 175 Å². The van der Waals surface area contributed by atoms with Crippen LogP contribution in [0.5, 0.6) is 0 Å². The quantitative estimate of drug-likeness (QED) is 0.230. The number of piperidine rings is 1. The number of aliphatic hydroxyl groups is 3. The molecule has 0 aliphatic carbocycles. The highest BCUT2D eigenvalue weighted by Crippen LogP contribution is 2.36. The van der Waals surface area contributed by atoms with Crippen molar-refractivity contribution >= 4 is 11.8 Å². The third kappa shape index (κ3) is 13.3. The lowest BCUT2D eigenvalue weighted by molar-refractivity contribution is -0.307. The summed E-state index contributed by atoms with van der Waals surface area (Å²) in [6.45, 7) is 14.0. The van der Waals surface area contributed by atoms with Gasteiger partial charge < -0.3 is 63.0 Å². The summed E-state index contributed by atoms with van der Waals surface area (Å²) in [5.74, 6) is -2.37. The Balaban J connectivity index is 1.67. The van der Waals surface area contributed by atoms with Gasteiger partial charge in [-0.15, -0.1) is 0 Å². The fourth-order valence-corrected chi connectivity index (χ4v) is 9.53. The summed E-state index contributed by atoms with van der Waals surface area (Å²) >= 11 is 0. The largest absolute Gasteiger partial charge is 0.462 e. The lowest BCUT2D eigenvalue weighted by Crippen LogP contribution is -2.63. The average molecular weight is 855 g/mol. The molecule has 346 valence electrons. The van der Waals surface area contributed by atoms with E-state index in [-0.39, 0.29) is 24.7 Å². The Labute approximate surface area is 359 Å². The van der Waals surface area contributed by atoms with Crippen molar-refractivity contribution in [2.45, 2.75) is 166 Å². The first-order valence-corrected chi connectivity index (χ1v) is 22.2. The van der Waals surface area contributed by atoms with E-state index in [1.165, 1.54) is 20.6 Å². The number of aliphatic hydroxyl groups excluding tert-OH is 3. The number of esters is 1. The second kappa shape index (κ2) is 24.3. The molecular weight excluding hydrogens is 776 g/mol. The molecule has 17 atom stereocenters. The highest BCUT2D eigenvalue weighted by molar-refractivity contribution is 5.91. The number of carbonyl (C=O) groups excluding carboxylic acids is 2. The maximum atomic E-state index is 13.9. The molecular formula is C45H78N2O13. The molecule has 0 spiro atoms. The van der Waals surface area contributed by atoms with E-state index >= 15 is 0 Å². The van der Waals surface area contributed by atoms with E-state index in [0.29, 0.717) is 19.3 Å². The van der Waals surface area contributed by atoms with Crippen LogP contribution in [-0.4, -0.2) is 178 Å². The summed E-state index contributed by atoms with van der Waals surface area (Å²) in [7, 11) is 8.34. The number of ether oxygens (including phenoxy) is 8. The monoisotopic (exact) mass is 855 g/mol. The van der Waals surface area contributed by atoms with Crippen LogP contribution < -0.4 is 0 Å². The van der Waals surface area contributed by atoms with E-state index in [1.807, 2.05) is 59.7 Å². The molecule has 4 heterocycles. The van der Waals surface area contributed by atoms with Gasteiger partial charge in [0.15, 0.2) is 18.4 Å². The maximum absolute atomic E-state index is 13.9. The van der Waals surface area contributed by atoms with Gasteiger partial charge in [-0.3, -0.25) is 9.59 Å². The molecule has 0 amide bonds. The Morgan fingerprint density at radius 2 is 1.48 bits per heavy atom. The van der Waals surface area contributed by atoms with Gasteiger partial charge in [-0.25, -0.2) is 0 Å². The SMILES string of the molecule is CCC1OC(=O)CC(O)C(C)C(OC2OC(C)C(OC)C(N(C)C)C2O)C(CCN2CCCCC2)CC(C)C(=O)/C=C/C(C)=C/C1COC1OC(C)C(O)C(OC)C1OC. The standard InChI is InChI=1S/C45H78N2O13/c1-12-35-32(25-56-45-43(55-11)42(54-10)38(51)29(5)57-45)22-26(2)16-17-33(48)27(3)23-31(18-21-47-19-14-13-15-20-47)40(28(4)34(49)24-36(50)59-35)60-44-39(52)37(46(7)8)41(53-9)30(6)58-44/h16-17,22,27-32,34-35,37-45,49,51-52H,12-15,18-21,23-25H2,1-11H3/b17-16+,26-22+. The maximum Gasteiger partial charge on any atom is 0.308 e. The van der Waals surface area contributed by atoms with Crippen LogP contribution in [-0.2, 0) is 47.5 Å². The average Bonchev–Trinajstić information content (AvgIpc) is 3.22. The lowest BCUT2D eigenvalue weighted by Gasteiger charge is -2.48. The number of likely N-dealkylation sites (tertiary alicyclic amines) is 1. The van der Waals surface area contributed by atoms with Crippen molar-refractivity contribution in [2.75, 3.05) is 61.7 Å². The number of ketones is 1. The molecule has 3 fully saturated rings. The van der Waals surface area contributed by atoms with Crippen molar-refractivity contribution in [3.05, 3.63) is 23.8 Å². The first-order valence-electron chi connectivity index (χ1n) is 22.2. The summed E-state index contributed by atoms with van der Waals surface area (Å²) < 4.78 is 48.7. The number of hydrogen-bond acceptors (Lipinski definition) is 15. The fraction of sp³-hybridized carbons (Fsp3) is 0.867. The van der Waals surface area contributed by atoms with Gasteiger partial charge in [-0.1, -0.05) is 44.9 Å². The number of carbonyl (C=O) groups is 2. The first-order chi connectivity index (χ1) is 28.5. The molecule has 4 rings (SSSR count). The molecule has 0 saturated carbocycles. The number of allylic oxidation sites excluding steroid dienone is 3. The molecule has 0 aromatic carbocycles. The number of methoxy groups -OCH3 is 3. The third-order valence-electron chi connectivity index (χ3n) is 13.2. The van der Waals surface area contributed by atoms with Gasteiger partial charge in [0, 0.05) is 39.1 Å². The van der Waals surface area contributed by atoms with Crippen LogP contribution >= 0.6 is 0 Å². The predicted molar refractivity (Wildman–Crippen MR) is 225 cm³/mol. The first kappa shape index (κ1) is 50.8. The lowest BCUT2D eigenvalue weighted by atomic mass is 9.79. The van der Waals surface area contributed by atoms with E-state index in [0.717, 1.165) is 38.0 Å². The van der Waals surface area contributed by atoms with Crippen LogP contribution in [0.25, 0.3) is 0 Å². The second-order valence-electron chi connectivity index (χ2n) is 17.9. The molecule has 3 saturated heterocycles. The van der Waals surface area contributed by atoms with Crippen molar-refractivity contribution in [1.29, 1.82) is 0 Å². The highest BCUT2D eigenvalue weighted by Gasteiger charge is 2.49. The van der Waals surface area contributed by atoms with E-state index < -0.39 is 103 Å². The molecule has 0 aromatic heterocycles. The minimum absolute atomic E-state index is 0.0501. The van der Waals surface area contributed by atoms with Gasteiger partial charge in [-0.05, 0) is 98.6 Å². The summed E-state index contributed by atoms with van der Waals surface area (Å²) in [6, 6.07) is -0.441. The summed E-state index contributed by atoms with van der Waals surface area (Å²) in [5, 5.41) is 34.4. The second-order valence-corrected chi connectivity index (χ2v) is 17.9. The number of hydrogen-bond donors (Lipinski definition) is 3. The van der Waals surface area contributed by atoms with Gasteiger partial charge in [0.2, 0.25) is 0 Å². The van der Waals surface area contributed by atoms with Crippen LogP contribution in [0.4, 0.5) is 0 Å². The normalized spacial score (nSPS) is 42.4. The number of rotatable bonds is 13. The van der Waals surface area contributed by atoms with E-state index in [2.05, 4.69) is 4.90 Å². The smallest absolute Gasteiger partial charge is 0.308 e. The van der Waals surface area contributed by atoms with Crippen LogP contribution in [0.15, 0.2) is 23.8 Å². The van der Waals surface area contributed by atoms with Crippen molar-refractivity contribution in [3.63, 3.8) is 0 Å². The Hall–Kier alpha value is -1.86. The van der Waals surface area contributed by atoms with Crippen molar-refractivity contribution in [3.8, 4) is 0 Å². The van der Waals surface area contributed by atoms with Gasteiger partial charge in [0.05, 0.1) is 43.5 Å². The molecule has 0 radical (unpaired) electrons. The highest BCUT2D eigenvalue weighted by atomic mass is 16.7. The molecule has 15 nitrogen and oxygen atoms in total. The van der Waals surface area contributed by atoms with Gasteiger partial charge in [0.25, 0.3) is 0 Å². The number of likely N-dealkylation sites (N-methyl/N-ethyl adjacent to an activating group) is 1. The van der Waals surface area contributed by atoms with E-state index in [9.17, 15) is 24.9 Å². The molecule has 0 bridgehead atoms. The predicted octanol–water partition coefficient (Wildman–Crippen LogP) is 3.50. The zero-order chi connectivity index (χ0) is 44.3. The van der Waals surface area contributed by atoms with E-state index in [1.54, 1.807) is 26.2 Å². The molecule has 4 aliphatic heterocycles. The van der Waals surface area contributed by atoms with Crippen LogP contribution in [0, 0.1) is 23.7 Å². The molecule has 4 aliphatic rings. The van der Waals surface area contributed by atoms with Crippen molar-refractivity contribution in [2.24, 2.45) is 23.7 Å². The molecule has 60 heavy (non-hydrogen) atoms. The molecule has 3 N–H and O–H groups in total. The van der Waals surface area contributed by atoms with Crippen LogP contribution in [0.3, 0.4) is 0 Å². The summed E-state index contributed by atoms with van der Waals surface area (Å²) in [5.41, 5.74) is 0.774. The van der Waals surface area contributed by atoms with Crippen molar-refractivity contribution < 1.29 is 62.8 Å². The zero-order valence-corrected chi connectivity index (χ0v) is 38.1. The summed E-state index contributed by atoms with van der Waals surface area (Å²) in [6.07, 6.45) is 0.663. The van der Waals surface area contributed by atoms with Crippen LogP contribution in [0.2, 0.25) is 0 Å². The Morgan fingerprint density at radius 1 is 0.833 bits per heavy atom. The molecule has 15 heteroatoms. The Bertz CT molecular complexity index is 1380. The Kier molecular flexibility index (Phi) is 20.5. The minimum atomic E-state index is -1.19. The fourth-order valence-electron chi connectivity index (χ4n) is 9.53. The van der Waals surface area contributed by atoms with Gasteiger partial charge in [0.1, 0.15) is 36.6 Å². The summed E-state index contributed by atoms with van der Waals surface area (Å²) in [4.78, 5) is 32.1. The van der Waals surface area contributed by atoms with Crippen LogP contribution in [0.1, 0.15) is 86.5 Å². The van der Waals surface area contributed by atoms with Gasteiger partial charge >= 0.3 is 5.97 Å². The molecule has 0 aromatic rings. The van der Waals surface area contributed by atoms with Crippen molar-refractivity contribution in [1.82, 2.24) is 9.80 Å².